The Balaban J connectivity index is 1.80. The lowest BCUT2D eigenvalue weighted by Crippen LogP contribution is -2.40. The third-order valence-electron chi connectivity index (χ3n) is 4.14. The summed E-state index contributed by atoms with van der Waals surface area (Å²) in [4.78, 5) is 29.5. The lowest BCUT2D eigenvalue weighted by atomic mass is 10.2. The van der Waals surface area contributed by atoms with E-state index < -0.39 is 5.82 Å². The number of nitrogens with one attached hydrogen (secondary N) is 1. The summed E-state index contributed by atoms with van der Waals surface area (Å²) in [6.07, 6.45) is 3.48. The van der Waals surface area contributed by atoms with Crippen molar-refractivity contribution >= 4 is 11.5 Å². The van der Waals surface area contributed by atoms with Crippen molar-refractivity contribution in [2.75, 3.05) is 23.3 Å². The molecule has 0 aromatic carbocycles. The van der Waals surface area contributed by atoms with Gasteiger partial charge in [-0.1, -0.05) is 0 Å². The molecule has 3 rings (SSSR count). The van der Waals surface area contributed by atoms with Crippen molar-refractivity contribution in [2.45, 2.75) is 12.5 Å². The Morgan fingerprint density at radius 3 is 2.83 bits per heavy atom. The second-order valence-corrected chi connectivity index (χ2v) is 5.67. The van der Waals surface area contributed by atoms with Gasteiger partial charge in [0.05, 0.1) is 11.9 Å². The Labute approximate surface area is 132 Å². The highest BCUT2D eigenvalue weighted by Crippen LogP contribution is 2.21. The molecule has 1 aliphatic heterocycles. The van der Waals surface area contributed by atoms with Crippen LogP contribution in [-0.2, 0) is 14.1 Å². The van der Waals surface area contributed by atoms with Crippen LogP contribution in [-0.4, -0.2) is 33.2 Å². The summed E-state index contributed by atoms with van der Waals surface area (Å²) in [5, 5.41) is 3.14. The molecule has 1 aliphatic rings. The summed E-state index contributed by atoms with van der Waals surface area (Å²) >= 11 is 0. The van der Waals surface area contributed by atoms with E-state index >= 15 is 0 Å². The van der Waals surface area contributed by atoms with Gasteiger partial charge in [0.15, 0.2) is 5.82 Å². The van der Waals surface area contributed by atoms with Gasteiger partial charge in [0.25, 0.3) is 5.56 Å². The SMILES string of the molecule is Cn1c(N2CC[C@@H](Nc3ccncc3F)C2)cc(=O)n(C)c1=O. The van der Waals surface area contributed by atoms with Crippen LogP contribution in [0.2, 0.25) is 0 Å². The summed E-state index contributed by atoms with van der Waals surface area (Å²) in [5.41, 5.74) is -0.284. The van der Waals surface area contributed by atoms with Crippen LogP contribution in [0.25, 0.3) is 0 Å². The number of nitrogens with zero attached hydrogens (tertiary/aromatic N) is 4. The second-order valence-electron chi connectivity index (χ2n) is 5.67. The standard InChI is InChI=1S/C15H18FN5O2/c1-19-13(7-14(22)20(2)15(19)23)21-6-4-10(9-21)18-12-3-5-17-8-11(12)16/h3,5,7-8,10H,4,6,9H2,1-2H3,(H,17,18)/t10-/m1/s1. The lowest BCUT2D eigenvalue weighted by molar-refractivity contribution is 0.620. The van der Waals surface area contributed by atoms with Gasteiger partial charge in [-0.3, -0.25) is 18.9 Å². The Morgan fingerprint density at radius 1 is 1.30 bits per heavy atom. The van der Waals surface area contributed by atoms with Crippen LogP contribution in [0.15, 0.2) is 34.1 Å². The minimum absolute atomic E-state index is 0.0334. The van der Waals surface area contributed by atoms with E-state index in [9.17, 15) is 14.0 Å². The highest BCUT2D eigenvalue weighted by Gasteiger charge is 2.25. The molecule has 0 amide bonds. The molecule has 122 valence electrons. The Bertz CT molecular complexity index is 844. The van der Waals surface area contributed by atoms with Crippen molar-refractivity contribution < 1.29 is 4.39 Å². The lowest BCUT2D eigenvalue weighted by Gasteiger charge is -2.22. The van der Waals surface area contributed by atoms with Gasteiger partial charge in [-0.05, 0) is 12.5 Å². The molecule has 23 heavy (non-hydrogen) atoms. The molecular formula is C15H18FN5O2. The number of aromatic nitrogens is 3. The second kappa shape index (κ2) is 5.86. The van der Waals surface area contributed by atoms with E-state index in [1.54, 1.807) is 13.1 Å². The van der Waals surface area contributed by atoms with Crippen LogP contribution in [0.1, 0.15) is 6.42 Å². The maximum Gasteiger partial charge on any atom is 0.332 e. The Kier molecular flexibility index (Phi) is 3.89. The number of hydrogen-bond donors (Lipinski definition) is 1. The number of hydrogen-bond acceptors (Lipinski definition) is 5. The Morgan fingerprint density at radius 2 is 2.09 bits per heavy atom. The molecule has 2 aromatic rings. The highest BCUT2D eigenvalue weighted by molar-refractivity contribution is 5.46. The first kappa shape index (κ1) is 15.3. The zero-order valence-corrected chi connectivity index (χ0v) is 13.0. The van der Waals surface area contributed by atoms with Gasteiger partial charge < -0.3 is 10.2 Å². The quantitative estimate of drug-likeness (QED) is 0.881. The van der Waals surface area contributed by atoms with Crippen LogP contribution >= 0.6 is 0 Å². The zero-order chi connectivity index (χ0) is 16.6. The maximum absolute atomic E-state index is 13.6. The fourth-order valence-electron chi connectivity index (χ4n) is 2.82. The molecule has 3 heterocycles. The van der Waals surface area contributed by atoms with Crippen LogP contribution in [0, 0.1) is 5.82 Å². The van der Waals surface area contributed by atoms with Crippen molar-refractivity contribution in [2.24, 2.45) is 14.1 Å². The molecule has 0 spiro atoms. The molecule has 0 unspecified atom stereocenters. The first-order valence-electron chi connectivity index (χ1n) is 7.35. The smallest absolute Gasteiger partial charge is 0.332 e. The number of rotatable bonds is 3. The van der Waals surface area contributed by atoms with E-state index in [4.69, 9.17) is 0 Å². The molecule has 8 heteroatoms. The van der Waals surface area contributed by atoms with Crippen molar-refractivity contribution in [3.8, 4) is 0 Å². The molecule has 0 aliphatic carbocycles. The monoisotopic (exact) mass is 319 g/mol. The zero-order valence-electron chi connectivity index (χ0n) is 13.0. The largest absolute Gasteiger partial charge is 0.378 e. The van der Waals surface area contributed by atoms with Crippen molar-refractivity contribution in [3.63, 3.8) is 0 Å². The van der Waals surface area contributed by atoms with E-state index in [0.29, 0.717) is 24.6 Å². The molecule has 1 saturated heterocycles. The van der Waals surface area contributed by atoms with E-state index in [1.807, 2.05) is 4.90 Å². The molecule has 2 aromatic heterocycles. The van der Waals surface area contributed by atoms with Gasteiger partial charge in [-0.15, -0.1) is 0 Å². The molecule has 0 radical (unpaired) electrons. The molecule has 1 atom stereocenters. The predicted octanol–water partition coefficient (Wildman–Crippen LogP) is 0.309. The van der Waals surface area contributed by atoms with Gasteiger partial charge in [-0.25, -0.2) is 9.18 Å². The average Bonchev–Trinajstić information content (AvgIpc) is 2.99. The number of pyridine rings is 1. The minimum Gasteiger partial charge on any atom is -0.378 e. The maximum atomic E-state index is 13.6. The van der Waals surface area contributed by atoms with E-state index in [1.165, 1.54) is 30.1 Å². The molecular weight excluding hydrogens is 301 g/mol. The third kappa shape index (κ3) is 2.84. The van der Waals surface area contributed by atoms with Crippen LogP contribution in [0.4, 0.5) is 15.9 Å². The normalized spacial score (nSPS) is 17.5. The fraction of sp³-hybridized carbons (Fsp3) is 0.400. The van der Waals surface area contributed by atoms with Crippen LogP contribution in [0.5, 0.6) is 0 Å². The summed E-state index contributed by atoms with van der Waals surface area (Å²) < 4.78 is 16.2. The first-order valence-corrected chi connectivity index (χ1v) is 7.35. The number of anilines is 2. The molecule has 0 saturated carbocycles. The molecule has 1 N–H and O–H groups in total. The topological polar surface area (TPSA) is 72.2 Å². The molecule has 7 nitrogen and oxygen atoms in total. The van der Waals surface area contributed by atoms with Gasteiger partial charge in [0, 0.05) is 45.5 Å². The van der Waals surface area contributed by atoms with E-state index in [-0.39, 0.29) is 17.3 Å². The van der Waals surface area contributed by atoms with Crippen LogP contribution < -0.4 is 21.5 Å². The molecule has 1 fully saturated rings. The van der Waals surface area contributed by atoms with Gasteiger partial charge >= 0.3 is 5.69 Å². The van der Waals surface area contributed by atoms with Crippen molar-refractivity contribution in [3.05, 3.63) is 51.2 Å². The van der Waals surface area contributed by atoms with Gasteiger partial charge in [0.2, 0.25) is 0 Å². The average molecular weight is 319 g/mol. The summed E-state index contributed by atoms with van der Waals surface area (Å²) in [6, 6.07) is 3.08. The summed E-state index contributed by atoms with van der Waals surface area (Å²) in [5.74, 6) is 0.185. The van der Waals surface area contributed by atoms with Gasteiger partial charge in [-0.2, -0.15) is 0 Å². The van der Waals surface area contributed by atoms with Crippen molar-refractivity contribution in [1.29, 1.82) is 0 Å². The summed E-state index contributed by atoms with van der Waals surface area (Å²) in [7, 11) is 3.09. The third-order valence-corrected chi connectivity index (χ3v) is 4.14. The van der Waals surface area contributed by atoms with Crippen LogP contribution in [0.3, 0.4) is 0 Å². The number of halogens is 1. The first-order chi connectivity index (χ1) is 11.0. The minimum atomic E-state index is -0.396. The van der Waals surface area contributed by atoms with Gasteiger partial charge in [0.1, 0.15) is 5.82 Å². The predicted molar refractivity (Wildman–Crippen MR) is 85.4 cm³/mol. The Hall–Kier alpha value is -2.64. The summed E-state index contributed by atoms with van der Waals surface area (Å²) in [6.45, 7) is 1.27. The van der Waals surface area contributed by atoms with E-state index in [2.05, 4.69) is 10.3 Å². The molecule has 0 bridgehead atoms. The fourth-order valence-corrected chi connectivity index (χ4v) is 2.82. The van der Waals surface area contributed by atoms with Crippen molar-refractivity contribution in [1.82, 2.24) is 14.1 Å². The highest BCUT2D eigenvalue weighted by atomic mass is 19.1. The van der Waals surface area contributed by atoms with E-state index in [0.717, 1.165) is 11.0 Å².